The van der Waals surface area contributed by atoms with Gasteiger partial charge in [0.15, 0.2) is 0 Å². The van der Waals surface area contributed by atoms with Crippen molar-refractivity contribution in [1.82, 2.24) is 9.13 Å². The molecule has 2 aliphatic rings. The maximum absolute atomic E-state index is 10.1. The van der Waals surface area contributed by atoms with Gasteiger partial charge in [0.2, 0.25) is 13.4 Å². The lowest BCUT2D eigenvalue weighted by molar-refractivity contribution is 0.590. The van der Waals surface area contributed by atoms with Crippen LogP contribution in [0.1, 0.15) is 164 Å². The van der Waals surface area contributed by atoms with Gasteiger partial charge in [-0.25, -0.2) is 0 Å². The fraction of sp³-hybridized carbons (Fsp3) is 0.323. The molecule has 2 aliphatic heterocycles. The molecule has 0 spiro atoms. The average Bonchev–Trinajstić information content (AvgIpc) is 3.86. The Balaban J connectivity index is 1.45. The summed E-state index contributed by atoms with van der Waals surface area (Å²) in [6.45, 7) is 30.9. The zero-order valence-corrected chi connectivity index (χ0v) is 41.4. The number of nitrogens with zero attached hydrogens (tertiary/aromatic N) is 2. The highest BCUT2D eigenvalue weighted by Crippen LogP contribution is 2.41. The van der Waals surface area contributed by atoms with Crippen LogP contribution >= 0.6 is 0 Å². The monoisotopic (exact) mass is 868 g/mol. The van der Waals surface area contributed by atoms with Crippen molar-refractivity contribution < 1.29 is 9.60 Å². The van der Waals surface area contributed by atoms with E-state index in [2.05, 4.69) is 180 Å². The molecule has 330 valence electrons. The van der Waals surface area contributed by atoms with Crippen LogP contribution in [0.5, 0.6) is 0 Å². The van der Waals surface area contributed by atoms with Gasteiger partial charge in [-0.15, -0.1) is 0 Å². The third-order valence-corrected chi connectivity index (χ3v) is 15.2. The maximum Gasteiger partial charge on any atom is 0.247 e. The second kappa shape index (κ2) is 14.9. The highest BCUT2D eigenvalue weighted by atomic mass is 15.0. The third kappa shape index (κ3) is 6.15. The predicted molar refractivity (Wildman–Crippen MR) is 291 cm³/mol. The number of para-hydroxylation sites is 2. The van der Waals surface area contributed by atoms with E-state index < -0.39 is 6.71 Å². The number of hydrogen-bond acceptors (Lipinski definition) is 0. The van der Waals surface area contributed by atoms with Gasteiger partial charge >= 0.3 is 0 Å². The molecule has 0 saturated carbocycles. The molecular weight excluding hydrogens is 794 g/mol. The molecule has 0 N–H and O–H groups in total. The standard InChI is InChI=1S/C62H66B2N2/c1-35(2)41-21-17-22-42(36(3)4)57(41)63-49-26-19-25-46-45-20-15-16-27-53(45)65(59(46)49)55-34-51-56(33-50(55)63)66-54-29-28-39(61(9,10)11)30-47(54)48-31-40(62(12,13)14)32-52(60(48)66)64(51)58-43(37(5)6)23-18-24-44(58)38(7)8/h15-38H,1-14H3/i15D,16D,19D,20D,25D,26D,27D. The number of rotatable bonds is 6. The van der Waals surface area contributed by atoms with Crippen molar-refractivity contribution in [1.29, 1.82) is 0 Å². The molecular formula is C62H66B2N2. The van der Waals surface area contributed by atoms with Gasteiger partial charge in [0, 0.05) is 44.0 Å². The summed E-state index contributed by atoms with van der Waals surface area (Å²) in [6, 6.07) is 28.2. The van der Waals surface area contributed by atoms with E-state index in [1.54, 1.807) is 0 Å². The van der Waals surface area contributed by atoms with Crippen LogP contribution in [0.2, 0.25) is 0 Å². The molecule has 7 aromatic carbocycles. The normalized spacial score (nSPS) is 15.3. The Morgan fingerprint density at radius 3 is 1.42 bits per heavy atom. The predicted octanol–water partition coefficient (Wildman–Crippen LogP) is 12.6. The van der Waals surface area contributed by atoms with Gasteiger partial charge in [0.05, 0.1) is 20.6 Å². The zero-order chi connectivity index (χ0) is 52.6. The summed E-state index contributed by atoms with van der Waals surface area (Å²) in [4.78, 5) is 0. The molecule has 0 bridgehead atoms. The molecule has 4 heterocycles. The van der Waals surface area contributed by atoms with Crippen molar-refractivity contribution in [2.45, 2.75) is 131 Å². The summed E-state index contributed by atoms with van der Waals surface area (Å²) in [7, 11) is 0. The quantitative estimate of drug-likeness (QED) is 0.147. The molecule has 0 atom stereocenters. The highest BCUT2D eigenvalue weighted by molar-refractivity contribution is 7.00. The van der Waals surface area contributed by atoms with Crippen molar-refractivity contribution in [3.63, 3.8) is 0 Å². The van der Waals surface area contributed by atoms with Gasteiger partial charge < -0.3 is 9.13 Å². The van der Waals surface area contributed by atoms with E-state index in [1.807, 2.05) is 4.57 Å². The van der Waals surface area contributed by atoms with E-state index in [0.29, 0.717) is 11.0 Å². The van der Waals surface area contributed by atoms with E-state index >= 15 is 0 Å². The first-order chi connectivity index (χ1) is 34.3. The number of fused-ring (bicyclic) bond motifs is 10. The van der Waals surface area contributed by atoms with E-state index in [-0.39, 0.29) is 99.8 Å². The largest absolute Gasteiger partial charge is 0.310 e. The van der Waals surface area contributed by atoms with Gasteiger partial charge in [-0.05, 0) is 126 Å². The number of aromatic nitrogens is 2. The average molecular weight is 868 g/mol. The van der Waals surface area contributed by atoms with Crippen LogP contribution in [-0.4, -0.2) is 22.6 Å². The highest BCUT2D eigenvalue weighted by Gasteiger charge is 2.43. The Morgan fingerprint density at radius 1 is 0.424 bits per heavy atom. The summed E-state index contributed by atoms with van der Waals surface area (Å²) in [5.74, 6) is 0.584. The fourth-order valence-electron chi connectivity index (χ4n) is 11.9. The third-order valence-electron chi connectivity index (χ3n) is 15.2. The summed E-state index contributed by atoms with van der Waals surface area (Å²) in [5, 5.41) is 2.90. The van der Waals surface area contributed by atoms with Crippen molar-refractivity contribution in [3.05, 3.63) is 155 Å². The van der Waals surface area contributed by atoms with Crippen LogP contribution in [-0.2, 0) is 10.8 Å². The van der Waals surface area contributed by atoms with Crippen LogP contribution in [0.25, 0.3) is 55.0 Å². The Hall–Kier alpha value is -5.73. The molecule has 0 aliphatic carbocycles. The first-order valence-corrected chi connectivity index (χ1v) is 24.4. The second-order valence-electron chi connectivity index (χ2n) is 22.8. The summed E-state index contributed by atoms with van der Waals surface area (Å²) >= 11 is 0. The minimum Gasteiger partial charge on any atom is -0.310 e. The van der Waals surface area contributed by atoms with Gasteiger partial charge in [-0.2, -0.15) is 0 Å². The Labute approximate surface area is 404 Å². The minimum atomic E-state index is -0.593. The summed E-state index contributed by atoms with van der Waals surface area (Å²) in [5.41, 5.74) is 18.0. The van der Waals surface area contributed by atoms with Gasteiger partial charge in [0.25, 0.3) is 0 Å². The SMILES string of the molecule is [2H]c1c([2H])c([2H])c2c(c1[2H])c1c([2H])c([2H])c([2H])c3c1n2-c1cc2c(cc1B3c1c(C(C)C)cccc1C(C)C)-n1c3ccc(C(C)(C)C)cc3c3cc(C(C)(C)C)cc(c31)B2c1c(C(C)C)cccc1C(C)C. The molecule has 0 unspecified atom stereocenters. The van der Waals surface area contributed by atoms with Crippen LogP contribution < -0.4 is 32.8 Å². The second-order valence-corrected chi connectivity index (χ2v) is 22.8. The lowest BCUT2D eigenvalue weighted by atomic mass is 9.31. The Bertz CT molecular complexity index is 3830. The van der Waals surface area contributed by atoms with Gasteiger partial charge in [-0.1, -0.05) is 193 Å². The van der Waals surface area contributed by atoms with E-state index in [4.69, 9.17) is 2.74 Å². The Morgan fingerprint density at radius 2 is 0.894 bits per heavy atom. The molecule has 2 aromatic heterocycles. The molecule has 0 fully saturated rings. The van der Waals surface area contributed by atoms with Crippen molar-refractivity contribution in [2.24, 2.45) is 0 Å². The van der Waals surface area contributed by atoms with E-state index in [1.165, 1.54) is 49.5 Å². The van der Waals surface area contributed by atoms with Crippen molar-refractivity contribution >= 4 is 89.8 Å². The first kappa shape index (κ1) is 35.5. The lowest BCUT2D eigenvalue weighted by Gasteiger charge is -2.36. The van der Waals surface area contributed by atoms with Crippen LogP contribution in [0, 0.1) is 0 Å². The number of benzene rings is 7. The zero-order valence-electron chi connectivity index (χ0n) is 48.4. The molecule has 2 nitrogen and oxygen atoms in total. The molecule has 66 heavy (non-hydrogen) atoms. The van der Waals surface area contributed by atoms with Crippen LogP contribution in [0.4, 0.5) is 0 Å². The van der Waals surface area contributed by atoms with Crippen molar-refractivity contribution in [3.8, 4) is 11.4 Å². The lowest BCUT2D eigenvalue weighted by Crippen LogP contribution is -2.61. The first-order valence-electron chi connectivity index (χ1n) is 27.9. The van der Waals surface area contributed by atoms with Crippen LogP contribution in [0.15, 0.2) is 121 Å². The van der Waals surface area contributed by atoms with Crippen molar-refractivity contribution in [2.75, 3.05) is 0 Å². The molecule has 4 heteroatoms. The van der Waals surface area contributed by atoms with Crippen LogP contribution in [0.3, 0.4) is 0 Å². The van der Waals surface area contributed by atoms with E-state index in [9.17, 15) is 6.85 Å². The van der Waals surface area contributed by atoms with Gasteiger partial charge in [-0.3, -0.25) is 0 Å². The van der Waals surface area contributed by atoms with E-state index in [0.717, 1.165) is 44.4 Å². The van der Waals surface area contributed by atoms with Gasteiger partial charge in [0.1, 0.15) is 0 Å². The molecule has 0 saturated heterocycles. The molecule has 9 aromatic rings. The Kier molecular flexibility index (Phi) is 8.00. The minimum absolute atomic E-state index is 0.0627. The topological polar surface area (TPSA) is 9.86 Å². The fourth-order valence-corrected chi connectivity index (χ4v) is 11.9. The maximum atomic E-state index is 10.1. The number of hydrogen-bond donors (Lipinski definition) is 0. The molecule has 0 radical (unpaired) electrons. The summed E-state index contributed by atoms with van der Waals surface area (Å²) in [6.07, 6.45) is 0. The smallest absolute Gasteiger partial charge is 0.247 e. The molecule has 0 amide bonds. The molecule has 11 rings (SSSR count). The summed E-state index contributed by atoms with van der Waals surface area (Å²) < 4.78 is 71.2.